The monoisotopic (exact) mass is 434 g/mol. The van der Waals surface area contributed by atoms with Crippen molar-refractivity contribution < 1.29 is 14.3 Å². The maximum absolute atomic E-state index is 12.2. The summed E-state index contributed by atoms with van der Waals surface area (Å²) >= 11 is 8.24. The van der Waals surface area contributed by atoms with E-state index in [2.05, 4.69) is 20.8 Å². The lowest BCUT2D eigenvalue weighted by Crippen LogP contribution is -2.14. The van der Waals surface area contributed by atoms with Gasteiger partial charge < -0.3 is 10.1 Å². The van der Waals surface area contributed by atoms with Gasteiger partial charge in [-0.15, -0.1) is 10.2 Å². The fourth-order valence-electron chi connectivity index (χ4n) is 2.15. The Hall–Kier alpha value is -2.62. The summed E-state index contributed by atoms with van der Waals surface area (Å²) in [6.07, 6.45) is 0. The van der Waals surface area contributed by atoms with Gasteiger partial charge in [0.2, 0.25) is 11.0 Å². The summed E-state index contributed by atoms with van der Waals surface area (Å²) in [4.78, 5) is 24.3. The number of methoxy groups -OCH3 is 1. The highest BCUT2D eigenvalue weighted by Crippen LogP contribution is 2.27. The molecule has 28 heavy (non-hydrogen) atoms. The van der Waals surface area contributed by atoms with E-state index in [4.69, 9.17) is 16.3 Å². The van der Waals surface area contributed by atoms with Crippen LogP contribution >= 0.6 is 34.7 Å². The van der Waals surface area contributed by atoms with Gasteiger partial charge in [0, 0.05) is 10.6 Å². The van der Waals surface area contributed by atoms with Crippen LogP contribution in [0.2, 0.25) is 5.02 Å². The lowest BCUT2D eigenvalue weighted by Gasteiger charge is -2.08. The highest BCUT2D eigenvalue weighted by atomic mass is 35.5. The Morgan fingerprint density at radius 3 is 2.61 bits per heavy atom. The third-order valence-electron chi connectivity index (χ3n) is 3.44. The largest absolute Gasteiger partial charge is 0.495 e. The number of anilines is 2. The van der Waals surface area contributed by atoms with E-state index in [-0.39, 0.29) is 17.6 Å². The summed E-state index contributed by atoms with van der Waals surface area (Å²) in [5.41, 5.74) is 1.06. The molecule has 0 unspecified atom stereocenters. The number of rotatable bonds is 7. The van der Waals surface area contributed by atoms with Crippen LogP contribution < -0.4 is 15.4 Å². The Morgan fingerprint density at radius 2 is 1.86 bits per heavy atom. The number of nitrogens with one attached hydrogen (secondary N) is 2. The van der Waals surface area contributed by atoms with Crippen LogP contribution in [-0.2, 0) is 4.79 Å². The Balaban J connectivity index is 1.52. The summed E-state index contributed by atoms with van der Waals surface area (Å²) in [5, 5.41) is 14.3. The number of amides is 2. The van der Waals surface area contributed by atoms with Gasteiger partial charge in [-0.25, -0.2) is 0 Å². The average Bonchev–Trinajstić information content (AvgIpc) is 3.14. The number of carbonyl (C=O) groups is 2. The smallest absolute Gasteiger partial charge is 0.257 e. The molecule has 1 heterocycles. The van der Waals surface area contributed by atoms with E-state index in [0.717, 1.165) is 0 Å². The van der Waals surface area contributed by atoms with E-state index >= 15 is 0 Å². The van der Waals surface area contributed by atoms with Gasteiger partial charge in [-0.1, -0.05) is 46.8 Å². The van der Waals surface area contributed by atoms with Gasteiger partial charge in [0.1, 0.15) is 5.75 Å². The molecule has 7 nitrogen and oxygen atoms in total. The van der Waals surface area contributed by atoms with Crippen LogP contribution in [0.25, 0.3) is 0 Å². The predicted molar refractivity (Wildman–Crippen MR) is 112 cm³/mol. The van der Waals surface area contributed by atoms with Crippen LogP contribution in [-0.4, -0.2) is 34.9 Å². The Morgan fingerprint density at radius 1 is 1.11 bits per heavy atom. The molecule has 0 bridgehead atoms. The fraction of sp³-hybridized carbons (Fsp3) is 0.111. The van der Waals surface area contributed by atoms with Crippen LogP contribution in [0.3, 0.4) is 0 Å². The molecule has 0 atom stereocenters. The van der Waals surface area contributed by atoms with Crippen molar-refractivity contribution in [2.45, 2.75) is 4.34 Å². The number of hydrogen-bond acceptors (Lipinski definition) is 7. The zero-order valence-corrected chi connectivity index (χ0v) is 17.0. The minimum absolute atomic E-state index is 0.151. The minimum Gasteiger partial charge on any atom is -0.495 e. The first-order valence-electron chi connectivity index (χ1n) is 8.01. The second kappa shape index (κ2) is 9.54. The third kappa shape index (κ3) is 5.44. The van der Waals surface area contributed by atoms with Crippen molar-refractivity contribution in [3.8, 4) is 5.75 Å². The second-order valence-electron chi connectivity index (χ2n) is 5.37. The molecule has 0 aliphatic rings. The molecule has 1 aromatic heterocycles. The first kappa shape index (κ1) is 20.1. The van der Waals surface area contributed by atoms with Crippen molar-refractivity contribution in [2.75, 3.05) is 23.5 Å². The van der Waals surface area contributed by atoms with Gasteiger partial charge >= 0.3 is 0 Å². The number of carbonyl (C=O) groups excluding carboxylic acids is 2. The normalized spacial score (nSPS) is 10.4. The topological polar surface area (TPSA) is 93.2 Å². The molecule has 2 amide bonds. The van der Waals surface area contributed by atoms with E-state index in [1.807, 2.05) is 12.1 Å². The molecule has 0 aliphatic carbocycles. The zero-order chi connectivity index (χ0) is 19.9. The first-order chi connectivity index (χ1) is 13.5. The van der Waals surface area contributed by atoms with Crippen molar-refractivity contribution in [1.29, 1.82) is 0 Å². The fourth-order valence-corrected chi connectivity index (χ4v) is 3.82. The maximum Gasteiger partial charge on any atom is 0.257 e. The summed E-state index contributed by atoms with van der Waals surface area (Å²) < 4.78 is 5.77. The minimum atomic E-state index is -0.307. The summed E-state index contributed by atoms with van der Waals surface area (Å²) in [6.45, 7) is 0. The molecule has 0 saturated heterocycles. The van der Waals surface area contributed by atoms with Gasteiger partial charge in [-0.2, -0.15) is 0 Å². The lowest BCUT2D eigenvalue weighted by atomic mass is 10.2. The third-order valence-corrected chi connectivity index (χ3v) is 5.67. The van der Waals surface area contributed by atoms with Gasteiger partial charge in [0.05, 0.1) is 18.6 Å². The van der Waals surface area contributed by atoms with E-state index in [9.17, 15) is 9.59 Å². The Labute approximate surface area is 174 Å². The Kier molecular flexibility index (Phi) is 6.85. The number of para-hydroxylation sites is 2. The average molecular weight is 435 g/mol. The summed E-state index contributed by atoms with van der Waals surface area (Å²) in [5.74, 6) is 0.233. The maximum atomic E-state index is 12.2. The number of nitrogens with zero attached hydrogens (tertiary/aromatic N) is 2. The molecule has 2 N–H and O–H groups in total. The zero-order valence-electron chi connectivity index (χ0n) is 14.6. The summed E-state index contributed by atoms with van der Waals surface area (Å²) in [7, 11) is 1.54. The molecular weight excluding hydrogens is 420 g/mol. The van der Waals surface area contributed by atoms with Crippen molar-refractivity contribution in [2.24, 2.45) is 0 Å². The predicted octanol–water partition coefficient (Wildman–Crippen LogP) is 4.18. The molecule has 0 fully saturated rings. The first-order valence-corrected chi connectivity index (χ1v) is 10.2. The highest BCUT2D eigenvalue weighted by molar-refractivity contribution is 8.01. The molecule has 0 spiro atoms. The van der Waals surface area contributed by atoms with E-state index in [1.165, 1.54) is 23.1 Å². The number of halogens is 1. The van der Waals surface area contributed by atoms with Crippen molar-refractivity contribution in [1.82, 2.24) is 10.2 Å². The number of ether oxygens (including phenoxy) is 1. The van der Waals surface area contributed by atoms with Crippen LogP contribution in [0.1, 0.15) is 10.4 Å². The van der Waals surface area contributed by atoms with Crippen molar-refractivity contribution in [3.05, 3.63) is 59.1 Å². The lowest BCUT2D eigenvalue weighted by molar-refractivity contribution is -0.113. The standard InChI is InChI=1S/C18H15ClN4O3S2/c1-26-14-5-3-2-4-13(14)20-15(24)10-27-18-23-22-17(28-18)21-16(25)11-6-8-12(19)9-7-11/h2-9H,10H2,1H3,(H,20,24)(H,21,22,25). The van der Waals surface area contributed by atoms with Crippen molar-refractivity contribution in [3.63, 3.8) is 0 Å². The number of hydrogen-bond donors (Lipinski definition) is 2. The molecular formula is C18H15ClN4O3S2. The van der Waals surface area contributed by atoms with Crippen LogP contribution in [0, 0.1) is 0 Å². The molecule has 2 aromatic carbocycles. The van der Waals surface area contributed by atoms with Gasteiger partial charge in [0.25, 0.3) is 5.91 Å². The SMILES string of the molecule is COc1ccccc1NC(=O)CSc1nnc(NC(=O)c2ccc(Cl)cc2)s1. The van der Waals surface area contributed by atoms with Crippen LogP contribution in [0.5, 0.6) is 5.75 Å². The number of thioether (sulfide) groups is 1. The molecule has 0 aliphatic heterocycles. The highest BCUT2D eigenvalue weighted by Gasteiger charge is 2.13. The van der Waals surface area contributed by atoms with Gasteiger partial charge in [0.15, 0.2) is 4.34 Å². The molecule has 3 aromatic rings. The van der Waals surface area contributed by atoms with Crippen LogP contribution in [0.15, 0.2) is 52.9 Å². The molecule has 144 valence electrons. The number of aromatic nitrogens is 2. The van der Waals surface area contributed by atoms with Gasteiger partial charge in [-0.3, -0.25) is 14.9 Å². The summed E-state index contributed by atoms with van der Waals surface area (Å²) in [6, 6.07) is 13.7. The second-order valence-corrected chi connectivity index (χ2v) is 8.01. The molecule has 0 radical (unpaired) electrons. The van der Waals surface area contributed by atoms with Crippen molar-refractivity contribution >= 4 is 57.3 Å². The number of benzene rings is 2. The quantitative estimate of drug-likeness (QED) is 0.428. The van der Waals surface area contributed by atoms with E-state index in [1.54, 1.807) is 43.5 Å². The van der Waals surface area contributed by atoms with Crippen LogP contribution in [0.4, 0.5) is 10.8 Å². The Bertz CT molecular complexity index is 979. The molecule has 10 heteroatoms. The molecule has 0 saturated carbocycles. The van der Waals surface area contributed by atoms with Gasteiger partial charge in [-0.05, 0) is 36.4 Å². The molecule has 3 rings (SSSR count). The van der Waals surface area contributed by atoms with E-state index < -0.39 is 0 Å². The van der Waals surface area contributed by atoms with E-state index in [0.29, 0.717) is 31.5 Å².